The van der Waals surface area contributed by atoms with Crippen LogP contribution in [0.5, 0.6) is 5.75 Å². The van der Waals surface area contributed by atoms with Gasteiger partial charge in [0.1, 0.15) is 10.6 Å². The molecule has 1 heterocycles. The molecular formula is C13H13NO3S. The van der Waals surface area contributed by atoms with Gasteiger partial charge in [-0.15, -0.1) is 11.3 Å². The lowest BCUT2D eigenvalue weighted by Crippen LogP contribution is -2.00. The van der Waals surface area contributed by atoms with Gasteiger partial charge in [0.15, 0.2) is 0 Å². The predicted octanol–water partition coefficient (Wildman–Crippen LogP) is 2.79. The Kier molecular flexibility index (Phi) is 3.53. The summed E-state index contributed by atoms with van der Waals surface area (Å²) < 4.78 is 9.97. The van der Waals surface area contributed by atoms with E-state index in [2.05, 4.69) is 4.74 Å². The van der Waals surface area contributed by atoms with Crippen LogP contribution in [-0.4, -0.2) is 20.2 Å². The lowest BCUT2D eigenvalue weighted by atomic mass is 10.1. The van der Waals surface area contributed by atoms with Crippen molar-refractivity contribution < 1.29 is 14.3 Å². The van der Waals surface area contributed by atoms with Gasteiger partial charge in [0, 0.05) is 10.4 Å². The Balaban J connectivity index is 2.49. The molecule has 0 atom stereocenters. The van der Waals surface area contributed by atoms with Crippen molar-refractivity contribution in [2.75, 3.05) is 20.0 Å². The van der Waals surface area contributed by atoms with E-state index in [1.54, 1.807) is 13.2 Å². The minimum atomic E-state index is -0.418. The Labute approximate surface area is 109 Å². The van der Waals surface area contributed by atoms with E-state index in [0.29, 0.717) is 10.6 Å². The quantitative estimate of drug-likeness (QED) is 0.865. The molecule has 2 rings (SSSR count). The van der Waals surface area contributed by atoms with E-state index < -0.39 is 5.97 Å². The molecule has 18 heavy (non-hydrogen) atoms. The molecule has 0 aliphatic rings. The molecule has 1 aromatic carbocycles. The maximum Gasteiger partial charge on any atom is 0.350 e. The predicted molar refractivity (Wildman–Crippen MR) is 72.1 cm³/mol. The van der Waals surface area contributed by atoms with Crippen LogP contribution in [0.25, 0.3) is 10.4 Å². The fraction of sp³-hybridized carbons (Fsp3) is 0.154. The molecule has 0 radical (unpaired) electrons. The third-order valence-electron chi connectivity index (χ3n) is 2.50. The third-order valence-corrected chi connectivity index (χ3v) is 3.67. The number of carbonyl (C=O) groups is 1. The van der Waals surface area contributed by atoms with E-state index >= 15 is 0 Å². The average molecular weight is 263 g/mol. The number of carbonyl (C=O) groups excluding carboxylic acids is 1. The number of ether oxygens (including phenoxy) is 2. The zero-order valence-corrected chi connectivity index (χ0v) is 10.9. The molecule has 0 unspecified atom stereocenters. The number of nitrogens with two attached hydrogens (primary N) is 1. The number of rotatable bonds is 3. The van der Waals surface area contributed by atoms with Gasteiger partial charge in [-0.05, 0) is 18.2 Å². The number of hydrogen-bond acceptors (Lipinski definition) is 5. The highest BCUT2D eigenvalue weighted by Crippen LogP contribution is 2.38. The second kappa shape index (κ2) is 5.10. The molecule has 0 saturated heterocycles. The van der Waals surface area contributed by atoms with Crippen LogP contribution in [-0.2, 0) is 4.74 Å². The monoisotopic (exact) mass is 263 g/mol. The van der Waals surface area contributed by atoms with E-state index in [-0.39, 0.29) is 0 Å². The number of esters is 1. The maximum absolute atomic E-state index is 11.5. The molecule has 0 spiro atoms. The zero-order valence-electron chi connectivity index (χ0n) is 10.1. The first-order valence-electron chi connectivity index (χ1n) is 5.28. The van der Waals surface area contributed by atoms with Gasteiger partial charge in [-0.25, -0.2) is 4.79 Å². The van der Waals surface area contributed by atoms with Crippen molar-refractivity contribution in [1.82, 2.24) is 0 Å². The second-order valence-corrected chi connectivity index (χ2v) is 4.64. The van der Waals surface area contributed by atoms with E-state index in [0.717, 1.165) is 16.2 Å². The van der Waals surface area contributed by atoms with E-state index in [9.17, 15) is 4.79 Å². The fourth-order valence-corrected chi connectivity index (χ4v) is 2.67. The topological polar surface area (TPSA) is 61.5 Å². The molecule has 0 fully saturated rings. The first-order valence-corrected chi connectivity index (χ1v) is 6.10. The number of benzene rings is 1. The third kappa shape index (κ3) is 2.17. The fourth-order valence-electron chi connectivity index (χ4n) is 1.64. The van der Waals surface area contributed by atoms with Gasteiger partial charge in [-0.3, -0.25) is 0 Å². The van der Waals surface area contributed by atoms with Gasteiger partial charge in [-0.1, -0.05) is 12.1 Å². The summed E-state index contributed by atoms with van der Waals surface area (Å²) in [5, 5.41) is 0. The summed E-state index contributed by atoms with van der Waals surface area (Å²) >= 11 is 1.30. The normalized spacial score (nSPS) is 10.1. The van der Waals surface area contributed by atoms with Crippen molar-refractivity contribution in [3.63, 3.8) is 0 Å². The highest BCUT2D eigenvalue weighted by Gasteiger charge is 2.17. The zero-order chi connectivity index (χ0) is 13.1. The average Bonchev–Trinajstić information content (AvgIpc) is 2.79. The van der Waals surface area contributed by atoms with Crippen LogP contribution in [0.1, 0.15) is 9.67 Å². The summed E-state index contributed by atoms with van der Waals surface area (Å²) in [5.74, 6) is 0.328. The first-order chi connectivity index (χ1) is 8.67. The standard InChI is InChI=1S/C13H13NO3S/c1-16-10-6-4-3-5-8(10)11-7-9(14)12(18-11)13(15)17-2/h3-7H,14H2,1-2H3. The van der Waals surface area contributed by atoms with Crippen LogP contribution < -0.4 is 10.5 Å². The van der Waals surface area contributed by atoms with Crippen LogP contribution in [0.2, 0.25) is 0 Å². The lowest BCUT2D eigenvalue weighted by Gasteiger charge is -2.05. The molecule has 4 nitrogen and oxygen atoms in total. The van der Waals surface area contributed by atoms with Crippen LogP contribution in [0.3, 0.4) is 0 Å². The number of para-hydroxylation sites is 1. The molecule has 5 heteroatoms. The van der Waals surface area contributed by atoms with Gasteiger partial charge < -0.3 is 15.2 Å². The minimum Gasteiger partial charge on any atom is -0.496 e. The van der Waals surface area contributed by atoms with Crippen molar-refractivity contribution >= 4 is 23.0 Å². The Bertz CT molecular complexity index is 577. The maximum atomic E-state index is 11.5. The molecule has 2 aromatic rings. The van der Waals surface area contributed by atoms with E-state index in [1.165, 1.54) is 18.4 Å². The molecule has 94 valence electrons. The van der Waals surface area contributed by atoms with E-state index in [1.807, 2.05) is 24.3 Å². The molecular weight excluding hydrogens is 250 g/mol. The van der Waals surface area contributed by atoms with Crippen molar-refractivity contribution in [2.45, 2.75) is 0 Å². The number of anilines is 1. The Morgan fingerprint density at radius 3 is 2.67 bits per heavy atom. The Morgan fingerprint density at radius 1 is 1.28 bits per heavy atom. The smallest absolute Gasteiger partial charge is 0.350 e. The number of hydrogen-bond donors (Lipinski definition) is 1. The molecule has 0 aliphatic heterocycles. The summed E-state index contributed by atoms with van der Waals surface area (Å²) in [6.07, 6.45) is 0. The highest BCUT2D eigenvalue weighted by molar-refractivity contribution is 7.18. The van der Waals surface area contributed by atoms with Crippen molar-refractivity contribution in [1.29, 1.82) is 0 Å². The van der Waals surface area contributed by atoms with Crippen LogP contribution in [0.15, 0.2) is 30.3 Å². The summed E-state index contributed by atoms with van der Waals surface area (Å²) in [5.41, 5.74) is 7.15. The van der Waals surface area contributed by atoms with Crippen LogP contribution in [0, 0.1) is 0 Å². The summed E-state index contributed by atoms with van der Waals surface area (Å²) in [7, 11) is 2.95. The largest absolute Gasteiger partial charge is 0.496 e. The van der Waals surface area contributed by atoms with Gasteiger partial charge in [0.05, 0.1) is 19.9 Å². The molecule has 1 aromatic heterocycles. The van der Waals surface area contributed by atoms with Gasteiger partial charge in [-0.2, -0.15) is 0 Å². The Morgan fingerprint density at radius 2 is 2.00 bits per heavy atom. The van der Waals surface area contributed by atoms with Crippen molar-refractivity contribution in [3.05, 3.63) is 35.2 Å². The van der Waals surface area contributed by atoms with Gasteiger partial charge >= 0.3 is 5.97 Å². The molecule has 0 saturated carbocycles. The summed E-state index contributed by atoms with van der Waals surface area (Å²) in [6, 6.07) is 9.34. The lowest BCUT2D eigenvalue weighted by molar-refractivity contribution is 0.0607. The van der Waals surface area contributed by atoms with Crippen LogP contribution >= 0.6 is 11.3 Å². The van der Waals surface area contributed by atoms with Crippen molar-refractivity contribution in [3.8, 4) is 16.2 Å². The first kappa shape index (κ1) is 12.4. The number of methoxy groups -OCH3 is 2. The Hall–Kier alpha value is -2.01. The SMILES string of the molecule is COC(=O)c1sc(-c2ccccc2OC)cc1N. The highest BCUT2D eigenvalue weighted by atomic mass is 32.1. The molecule has 0 amide bonds. The molecule has 0 aliphatic carbocycles. The summed E-state index contributed by atoms with van der Waals surface area (Å²) in [6.45, 7) is 0. The van der Waals surface area contributed by atoms with Crippen molar-refractivity contribution in [2.24, 2.45) is 0 Å². The van der Waals surface area contributed by atoms with Gasteiger partial charge in [0.25, 0.3) is 0 Å². The number of nitrogen functional groups attached to an aromatic ring is 1. The summed E-state index contributed by atoms with van der Waals surface area (Å²) in [4.78, 5) is 12.8. The number of thiophene rings is 1. The van der Waals surface area contributed by atoms with E-state index in [4.69, 9.17) is 10.5 Å². The minimum absolute atomic E-state index is 0.415. The molecule has 2 N–H and O–H groups in total. The second-order valence-electron chi connectivity index (χ2n) is 3.59. The van der Waals surface area contributed by atoms with Gasteiger partial charge in [0.2, 0.25) is 0 Å². The molecule has 0 bridgehead atoms. The van der Waals surface area contributed by atoms with Crippen LogP contribution in [0.4, 0.5) is 5.69 Å².